The SMILES string of the molecule is COC(=O)c1c(NC(=O)C2=COCCO2)sc2c1CCN(Cc1ccccc1)C2. The number of nitrogens with zero attached hydrogens (tertiary/aromatic N) is 1. The van der Waals surface area contributed by atoms with E-state index in [0.717, 1.165) is 36.5 Å². The van der Waals surface area contributed by atoms with Crippen LogP contribution in [0.3, 0.4) is 0 Å². The maximum atomic E-state index is 12.5. The molecule has 0 radical (unpaired) electrons. The third-order valence-corrected chi connectivity index (χ3v) is 6.01. The number of hydrogen-bond acceptors (Lipinski definition) is 7. The lowest BCUT2D eigenvalue weighted by atomic mass is 10.0. The summed E-state index contributed by atoms with van der Waals surface area (Å²) in [4.78, 5) is 28.4. The summed E-state index contributed by atoms with van der Waals surface area (Å²) in [6.07, 6.45) is 2.02. The molecular formula is C21H22N2O5S. The number of fused-ring (bicyclic) bond motifs is 1. The van der Waals surface area contributed by atoms with Crippen LogP contribution in [0.25, 0.3) is 0 Å². The minimum Gasteiger partial charge on any atom is -0.494 e. The van der Waals surface area contributed by atoms with Crippen molar-refractivity contribution in [2.45, 2.75) is 19.5 Å². The molecule has 1 N–H and O–H groups in total. The molecule has 1 aromatic carbocycles. The number of nitrogens with one attached hydrogen (secondary N) is 1. The Morgan fingerprint density at radius 1 is 1.24 bits per heavy atom. The van der Waals surface area contributed by atoms with Crippen molar-refractivity contribution in [2.75, 3.05) is 32.2 Å². The van der Waals surface area contributed by atoms with E-state index in [0.29, 0.717) is 23.8 Å². The van der Waals surface area contributed by atoms with Crippen molar-refractivity contribution in [3.63, 3.8) is 0 Å². The third-order valence-electron chi connectivity index (χ3n) is 4.87. The fraction of sp³-hybridized carbons (Fsp3) is 0.333. The number of thiophene rings is 1. The molecule has 152 valence electrons. The van der Waals surface area contributed by atoms with Gasteiger partial charge in [-0.05, 0) is 17.5 Å². The number of hydrogen-bond donors (Lipinski definition) is 1. The van der Waals surface area contributed by atoms with Gasteiger partial charge < -0.3 is 19.5 Å². The van der Waals surface area contributed by atoms with Crippen molar-refractivity contribution in [3.8, 4) is 0 Å². The smallest absolute Gasteiger partial charge is 0.341 e. The summed E-state index contributed by atoms with van der Waals surface area (Å²) in [5.74, 6) is -0.775. The lowest BCUT2D eigenvalue weighted by Crippen LogP contribution is -2.29. The highest BCUT2D eigenvalue weighted by molar-refractivity contribution is 7.17. The molecule has 4 rings (SSSR count). The van der Waals surface area contributed by atoms with E-state index >= 15 is 0 Å². The van der Waals surface area contributed by atoms with Gasteiger partial charge in [0.15, 0.2) is 0 Å². The number of carbonyl (C=O) groups is 2. The first-order chi connectivity index (χ1) is 14.2. The Labute approximate surface area is 172 Å². The average molecular weight is 414 g/mol. The predicted octanol–water partition coefficient (Wildman–Crippen LogP) is 2.92. The number of anilines is 1. The molecule has 0 bridgehead atoms. The van der Waals surface area contributed by atoms with Crippen LogP contribution in [0.1, 0.15) is 26.4 Å². The van der Waals surface area contributed by atoms with E-state index in [1.54, 1.807) is 0 Å². The number of ether oxygens (including phenoxy) is 3. The summed E-state index contributed by atoms with van der Waals surface area (Å²) in [6.45, 7) is 3.12. The van der Waals surface area contributed by atoms with E-state index in [4.69, 9.17) is 14.2 Å². The topological polar surface area (TPSA) is 77.1 Å². The molecule has 3 heterocycles. The molecule has 0 unspecified atom stereocenters. The first-order valence-electron chi connectivity index (χ1n) is 9.40. The van der Waals surface area contributed by atoms with E-state index in [1.165, 1.54) is 30.3 Å². The molecule has 8 heteroatoms. The maximum Gasteiger partial charge on any atom is 0.341 e. The Morgan fingerprint density at radius 2 is 2.07 bits per heavy atom. The number of rotatable bonds is 5. The highest BCUT2D eigenvalue weighted by Gasteiger charge is 2.30. The standard InChI is InChI=1S/C21H22N2O5S/c1-26-21(25)18-15-7-8-23(11-14-5-3-2-4-6-14)12-17(15)29-20(18)22-19(24)16-13-27-9-10-28-16/h2-6,13H,7-12H2,1H3,(H,22,24). The lowest BCUT2D eigenvalue weighted by Gasteiger charge is -2.27. The molecule has 0 fully saturated rings. The molecule has 2 aliphatic rings. The van der Waals surface area contributed by atoms with Crippen LogP contribution in [0, 0.1) is 0 Å². The van der Waals surface area contributed by atoms with Gasteiger partial charge in [-0.15, -0.1) is 11.3 Å². The summed E-state index contributed by atoms with van der Waals surface area (Å²) >= 11 is 1.41. The number of esters is 1. The van der Waals surface area contributed by atoms with Gasteiger partial charge >= 0.3 is 5.97 Å². The van der Waals surface area contributed by atoms with Gasteiger partial charge in [-0.25, -0.2) is 4.79 Å². The van der Waals surface area contributed by atoms with Crippen LogP contribution in [0.15, 0.2) is 42.4 Å². The zero-order chi connectivity index (χ0) is 20.2. The summed E-state index contributed by atoms with van der Waals surface area (Å²) in [7, 11) is 1.35. The third kappa shape index (κ3) is 4.28. The van der Waals surface area contributed by atoms with E-state index in [-0.39, 0.29) is 5.76 Å². The zero-order valence-electron chi connectivity index (χ0n) is 16.1. The van der Waals surface area contributed by atoms with Gasteiger partial charge in [0.25, 0.3) is 5.91 Å². The number of carbonyl (C=O) groups excluding carboxylic acids is 2. The van der Waals surface area contributed by atoms with Crippen LogP contribution in [-0.2, 0) is 38.5 Å². The Kier molecular flexibility index (Phi) is 5.82. The Balaban J connectivity index is 1.56. The van der Waals surface area contributed by atoms with Crippen LogP contribution < -0.4 is 5.32 Å². The molecule has 0 aliphatic carbocycles. The second-order valence-corrected chi connectivity index (χ2v) is 7.91. The second-order valence-electron chi connectivity index (χ2n) is 6.80. The van der Waals surface area contributed by atoms with Crippen molar-refractivity contribution < 1.29 is 23.8 Å². The molecule has 7 nitrogen and oxygen atoms in total. The van der Waals surface area contributed by atoms with E-state index < -0.39 is 11.9 Å². The van der Waals surface area contributed by atoms with Gasteiger partial charge in [0.1, 0.15) is 24.5 Å². The minimum atomic E-state index is -0.441. The maximum absolute atomic E-state index is 12.5. The quantitative estimate of drug-likeness (QED) is 0.758. The Bertz CT molecular complexity index is 938. The largest absolute Gasteiger partial charge is 0.494 e. The van der Waals surface area contributed by atoms with Crippen LogP contribution in [0.5, 0.6) is 0 Å². The molecule has 0 atom stereocenters. The van der Waals surface area contributed by atoms with Crippen molar-refractivity contribution >= 4 is 28.2 Å². The van der Waals surface area contributed by atoms with E-state index in [2.05, 4.69) is 22.3 Å². The Hall–Kier alpha value is -2.84. The van der Waals surface area contributed by atoms with Gasteiger partial charge in [-0.2, -0.15) is 0 Å². The van der Waals surface area contributed by atoms with Crippen LogP contribution >= 0.6 is 11.3 Å². The van der Waals surface area contributed by atoms with Crippen LogP contribution in [0.2, 0.25) is 0 Å². The highest BCUT2D eigenvalue weighted by atomic mass is 32.1. The molecular weight excluding hydrogens is 392 g/mol. The molecule has 2 aromatic rings. The Morgan fingerprint density at radius 3 is 2.79 bits per heavy atom. The van der Waals surface area contributed by atoms with Crippen molar-refractivity contribution in [1.29, 1.82) is 0 Å². The molecule has 2 aliphatic heterocycles. The molecule has 1 amide bonds. The summed E-state index contributed by atoms with van der Waals surface area (Å²) in [5.41, 5.74) is 2.64. The van der Waals surface area contributed by atoms with Gasteiger partial charge in [0.2, 0.25) is 5.76 Å². The first kappa shape index (κ1) is 19.5. The van der Waals surface area contributed by atoms with Gasteiger partial charge in [0, 0.05) is 24.5 Å². The fourth-order valence-electron chi connectivity index (χ4n) is 3.49. The number of benzene rings is 1. The molecule has 29 heavy (non-hydrogen) atoms. The molecule has 0 saturated carbocycles. The molecule has 0 spiro atoms. The zero-order valence-corrected chi connectivity index (χ0v) is 16.9. The first-order valence-corrected chi connectivity index (χ1v) is 10.2. The van der Waals surface area contributed by atoms with E-state index in [9.17, 15) is 9.59 Å². The average Bonchev–Trinajstić information content (AvgIpc) is 3.11. The number of amides is 1. The van der Waals surface area contributed by atoms with Gasteiger partial charge in [0.05, 0.1) is 12.7 Å². The summed E-state index contributed by atoms with van der Waals surface area (Å²) in [6, 6.07) is 10.3. The van der Waals surface area contributed by atoms with Crippen molar-refractivity contribution in [2.24, 2.45) is 0 Å². The summed E-state index contributed by atoms with van der Waals surface area (Å²) in [5, 5.41) is 3.29. The van der Waals surface area contributed by atoms with E-state index in [1.807, 2.05) is 18.2 Å². The van der Waals surface area contributed by atoms with Crippen LogP contribution in [-0.4, -0.2) is 43.6 Å². The lowest BCUT2D eigenvalue weighted by molar-refractivity contribution is -0.117. The molecule has 1 aromatic heterocycles. The fourth-order valence-corrected chi connectivity index (χ4v) is 4.76. The molecule has 0 saturated heterocycles. The second kappa shape index (κ2) is 8.67. The van der Waals surface area contributed by atoms with Crippen molar-refractivity contribution in [3.05, 3.63) is 63.9 Å². The normalized spacial score (nSPS) is 16.1. The van der Waals surface area contributed by atoms with Gasteiger partial charge in [-0.1, -0.05) is 30.3 Å². The van der Waals surface area contributed by atoms with Crippen molar-refractivity contribution in [1.82, 2.24) is 4.90 Å². The predicted molar refractivity (Wildman–Crippen MR) is 109 cm³/mol. The number of methoxy groups -OCH3 is 1. The summed E-state index contributed by atoms with van der Waals surface area (Å²) < 4.78 is 15.5. The monoisotopic (exact) mass is 414 g/mol. The van der Waals surface area contributed by atoms with Gasteiger partial charge in [-0.3, -0.25) is 9.69 Å². The highest BCUT2D eigenvalue weighted by Crippen LogP contribution is 2.38. The minimum absolute atomic E-state index is 0.101. The van der Waals surface area contributed by atoms with Crippen LogP contribution in [0.4, 0.5) is 5.00 Å².